The Hall–Kier alpha value is -3.30. The molecule has 1 saturated heterocycles. The number of amides is 2. The van der Waals surface area contributed by atoms with Gasteiger partial charge in [0.2, 0.25) is 5.91 Å². The van der Waals surface area contributed by atoms with Crippen LogP contribution in [-0.4, -0.2) is 65.7 Å². The second kappa shape index (κ2) is 12.1. The summed E-state index contributed by atoms with van der Waals surface area (Å²) in [5.41, 5.74) is 8.45. The van der Waals surface area contributed by atoms with Gasteiger partial charge in [0.15, 0.2) is 0 Å². The molecular formula is C27H34FN5O3. The number of fused-ring (bicyclic) bond motifs is 1. The molecule has 0 aliphatic carbocycles. The molecule has 0 bridgehead atoms. The van der Waals surface area contributed by atoms with Gasteiger partial charge in [-0.15, -0.1) is 0 Å². The molecule has 9 heteroatoms. The van der Waals surface area contributed by atoms with Crippen molar-refractivity contribution < 1.29 is 18.7 Å². The predicted molar refractivity (Wildman–Crippen MR) is 136 cm³/mol. The monoisotopic (exact) mass is 495 g/mol. The molecule has 2 heterocycles. The van der Waals surface area contributed by atoms with Crippen molar-refractivity contribution in [3.8, 4) is 0 Å². The normalized spacial score (nSPS) is 16.8. The number of nitrogens with one attached hydrogen (secondary N) is 1. The summed E-state index contributed by atoms with van der Waals surface area (Å²) in [6.07, 6.45) is 2.87. The van der Waals surface area contributed by atoms with E-state index in [-0.39, 0.29) is 30.4 Å². The number of aromatic nitrogens is 2. The number of rotatable bonds is 10. The van der Waals surface area contributed by atoms with Crippen LogP contribution in [0, 0.1) is 5.82 Å². The summed E-state index contributed by atoms with van der Waals surface area (Å²) in [4.78, 5) is 32.1. The van der Waals surface area contributed by atoms with Crippen molar-refractivity contribution in [1.82, 2.24) is 19.8 Å². The lowest BCUT2D eigenvalue weighted by Gasteiger charge is -2.33. The van der Waals surface area contributed by atoms with E-state index in [1.165, 1.54) is 24.3 Å². The van der Waals surface area contributed by atoms with Crippen LogP contribution in [0.15, 0.2) is 48.5 Å². The minimum Gasteiger partial charge on any atom is -0.385 e. The highest BCUT2D eigenvalue weighted by Crippen LogP contribution is 2.30. The first kappa shape index (κ1) is 25.8. The Morgan fingerprint density at radius 3 is 2.89 bits per heavy atom. The van der Waals surface area contributed by atoms with Crippen LogP contribution in [0.2, 0.25) is 0 Å². The average Bonchev–Trinajstić information content (AvgIpc) is 3.26. The summed E-state index contributed by atoms with van der Waals surface area (Å²) in [7, 11) is 1.70. The summed E-state index contributed by atoms with van der Waals surface area (Å²) >= 11 is 0. The lowest BCUT2D eigenvalue weighted by atomic mass is 9.96. The van der Waals surface area contributed by atoms with Gasteiger partial charge in [-0.05, 0) is 49.6 Å². The van der Waals surface area contributed by atoms with Gasteiger partial charge in [-0.3, -0.25) is 9.59 Å². The zero-order valence-electron chi connectivity index (χ0n) is 20.7. The Kier molecular flexibility index (Phi) is 8.66. The molecule has 8 nitrogen and oxygen atoms in total. The van der Waals surface area contributed by atoms with Crippen LogP contribution in [0.4, 0.5) is 4.39 Å². The number of piperidine rings is 1. The number of methoxy groups -OCH3 is 1. The number of halogens is 1. The van der Waals surface area contributed by atoms with E-state index < -0.39 is 17.8 Å². The molecular weight excluding hydrogens is 461 g/mol. The van der Waals surface area contributed by atoms with E-state index in [0.717, 1.165) is 42.7 Å². The molecule has 3 N–H and O–H groups in total. The van der Waals surface area contributed by atoms with Crippen LogP contribution >= 0.6 is 0 Å². The van der Waals surface area contributed by atoms with Gasteiger partial charge >= 0.3 is 0 Å². The van der Waals surface area contributed by atoms with Crippen molar-refractivity contribution in [3.63, 3.8) is 0 Å². The fourth-order valence-electron chi connectivity index (χ4n) is 4.80. The third kappa shape index (κ3) is 6.27. The van der Waals surface area contributed by atoms with Crippen molar-refractivity contribution in [2.45, 2.75) is 44.2 Å². The fourth-order valence-corrected chi connectivity index (χ4v) is 4.80. The van der Waals surface area contributed by atoms with Gasteiger partial charge in [-0.25, -0.2) is 9.37 Å². The number of likely N-dealkylation sites (tertiary alicyclic amines) is 1. The van der Waals surface area contributed by atoms with E-state index in [0.29, 0.717) is 19.7 Å². The molecule has 1 fully saturated rings. The van der Waals surface area contributed by atoms with E-state index in [1.807, 2.05) is 23.1 Å². The first-order chi connectivity index (χ1) is 17.5. The van der Waals surface area contributed by atoms with Crippen LogP contribution in [0.25, 0.3) is 11.0 Å². The molecule has 1 aliphatic heterocycles. The maximum Gasteiger partial charge on any atom is 0.251 e. The van der Waals surface area contributed by atoms with E-state index in [9.17, 15) is 14.0 Å². The van der Waals surface area contributed by atoms with Gasteiger partial charge in [-0.2, -0.15) is 0 Å². The van der Waals surface area contributed by atoms with Gasteiger partial charge in [0.1, 0.15) is 11.6 Å². The molecule has 0 spiro atoms. The highest BCUT2D eigenvalue weighted by molar-refractivity contribution is 5.94. The minimum absolute atomic E-state index is 0.0331. The summed E-state index contributed by atoms with van der Waals surface area (Å²) in [6, 6.07) is 13.0. The Morgan fingerprint density at radius 2 is 2.08 bits per heavy atom. The van der Waals surface area contributed by atoms with E-state index >= 15 is 0 Å². The molecule has 192 valence electrons. The van der Waals surface area contributed by atoms with E-state index in [1.54, 1.807) is 7.11 Å². The number of nitrogens with zero attached hydrogens (tertiary/aromatic N) is 3. The van der Waals surface area contributed by atoms with Crippen LogP contribution in [0.3, 0.4) is 0 Å². The number of benzene rings is 2. The van der Waals surface area contributed by atoms with Crippen molar-refractivity contribution in [1.29, 1.82) is 0 Å². The fraction of sp³-hybridized carbons (Fsp3) is 0.444. The second-order valence-electron chi connectivity index (χ2n) is 9.32. The molecule has 2 atom stereocenters. The molecule has 0 radical (unpaired) electrons. The molecule has 3 aromatic rings. The summed E-state index contributed by atoms with van der Waals surface area (Å²) in [6.45, 7) is 2.89. The molecule has 1 aliphatic rings. The number of aryl methyl sites for hydroxylation is 1. The number of imidazole rings is 1. The third-order valence-electron chi connectivity index (χ3n) is 6.60. The van der Waals surface area contributed by atoms with Crippen molar-refractivity contribution in [3.05, 3.63) is 65.7 Å². The van der Waals surface area contributed by atoms with Gasteiger partial charge in [0.05, 0.1) is 11.0 Å². The standard InChI is InChI=1S/C27H34FN5O3/c1-36-14-6-13-33-24-11-3-2-10-23(24)31-26(33)20-8-5-12-32(18-20)25(34)16-22(29)17-30-27(35)19-7-4-9-21(28)15-19/h2-4,7,9-11,15,20,22H,5-6,8,12-14,16-18,29H2,1H3,(H,30,35)/t20-,22-/m1/s1. The Labute approximate surface area is 210 Å². The van der Waals surface area contributed by atoms with Gasteiger partial charge in [-0.1, -0.05) is 18.2 Å². The predicted octanol–water partition coefficient (Wildman–Crippen LogP) is 3.07. The lowest BCUT2D eigenvalue weighted by molar-refractivity contribution is -0.132. The summed E-state index contributed by atoms with van der Waals surface area (Å²) in [5.74, 6) is 0.226. The number of carbonyl (C=O) groups excluding carboxylic acids is 2. The second-order valence-corrected chi connectivity index (χ2v) is 9.32. The van der Waals surface area contributed by atoms with Crippen molar-refractivity contribution >= 4 is 22.8 Å². The maximum atomic E-state index is 13.4. The zero-order chi connectivity index (χ0) is 25.5. The Bertz CT molecular complexity index is 1200. The summed E-state index contributed by atoms with van der Waals surface area (Å²) < 4.78 is 20.9. The number of carbonyl (C=O) groups is 2. The molecule has 2 aromatic carbocycles. The van der Waals surface area contributed by atoms with E-state index in [4.69, 9.17) is 15.5 Å². The van der Waals surface area contributed by atoms with Crippen LogP contribution in [0.1, 0.15) is 47.8 Å². The number of para-hydroxylation sites is 2. The first-order valence-electron chi connectivity index (χ1n) is 12.5. The van der Waals surface area contributed by atoms with Gasteiger partial charge in [0, 0.05) is 63.8 Å². The minimum atomic E-state index is -0.533. The highest BCUT2D eigenvalue weighted by atomic mass is 19.1. The zero-order valence-corrected chi connectivity index (χ0v) is 20.7. The van der Waals surface area contributed by atoms with Crippen LogP contribution in [0.5, 0.6) is 0 Å². The summed E-state index contributed by atoms with van der Waals surface area (Å²) in [5, 5.41) is 2.69. The quantitative estimate of drug-likeness (QED) is 0.421. The number of ether oxygens (including phenoxy) is 1. The SMILES string of the molecule is COCCCn1c([C@@H]2CCCN(C(=O)C[C@@H](N)CNC(=O)c3cccc(F)c3)C2)nc2ccccc21. The van der Waals surface area contributed by atoms with E-state index in [2.05, 4.69) is 16.0 Å². The molecule has 1 aromatic heterocycles. The number of nitrogens with two attached hydrogens (primary N) is 1. The smallest absolute Gasteiger partial charge is 0.251 e. The maximum absolute atomic E-state index is 13.4. The third-order valence-corrected chi connectivity index (χ3v) is 6.60. The Morgan fingerprint density at radius 1 is 1.25 bits per heavy atom. The number of hydrogen-bond acceptors (Lipinski definition) is 5. The van der Waals surface area contributed by atoms with Crippen LogP contribution in [-0.2, 0) is 16.1 Å². The number of hydrogen-bond donors (Lipinski definition) is 2. The Balaban J connectivity index is 1.36. The van der Waals surface area contributed by atoms with Gasteiger partial charge < -0.3 is 25.3 Å². The van der Waals surface area contributed by atoms with Crippen LogP contribution < -0.4 is 11.1 Å². The molecule has 2 amide bonds. The molecule has 4 rings (SSSR count). The average molecular weight is 496 g/mol. The largest absolute Gasteiger partial charge is 0.385 e. The highest BCUT2D eigenvalue weighted by Gasteiger charge is 2.29. The molecule has 36 heavy (non-hydrogen) atoms. The molecule has 0 unspecified atom stereocenters. The lowest BCUT2D eigenvalue weighted by Crippen LogP contribution is -2.45. The molecule has 0 saturated carbocycles. The van der Waals surface area contributed by atoms with Crippen molar-refractivity contribution in [2.75, 3.05) is 33.4 Å². The topological polar surface area (TPSA) is 102 Å². The van der Waals surface area contributed by atoms with Gasteiger partial charge in [0.25, 0.3) is 5.91 Å². The first-order valence-corrected chi connectivity index (χ1v) is 12.5. The van der Waals surface area contributed by atoms with Crippen molar-refractivity contribution in [2.24, 2.45) is 5.73 Å².